The zero-order valence-electron chi connectivity index (χ0n) is 10.6. The third-order valence-electron chi connectivity index (χ3n) is 3.31. The van der Waals surface area contributed by atoms with Gasteiger partial charge in [-0.3, -0.25) is 14.5 Å². The Kier molecular flexibility index (Phi) is 3.71. The molecule has 0 bridgehead atoms. The lowest BCUT2D eigenvalue weighted by Crippen LogP contribution is -2.29. The van der Waals surface area contributed by atoms with Crippen LogP contribution in [-0.4, -0.2) is 16.7 Å². The van der Waals surface area contributed by atoms with Crippen LogP contribution in [0.4, 0.5) is 4.39 Å². The van der Waals surface area contributed by atoms with E-state index in [1.54, 1.807) is 18.2 Å². The average molecular weight is 416 g/mol. The van der Waals surface area contributed by atoms with Crippen molar-refractivity contribution in [2.75, 3.05) is 0 Å². The topological polar surface area (TPSA) is 37.4 Å². The summed E-state index contributed by atoms with van der Waals surface area (Å²) >= 11 is 8.02. The van der Waals surface area contributed by atoms with Gasteiger partial charge in [0.1, 0.15) is 5.82 Å². The summed E-state index contributed by atoms with van der Waals surface area (Å²) < 4.78 is 14.7. The number of halogens is 3. The molecule has 1 aliphatic rings. The largest absolute Gasteiger partial charge is 0.270 e. The lowest BCUT2D eigenvalue weighted by Gasteiger charge is -2.15. The number of rotatable bonds is 2. The van der Waals surface area contributed by atoms with E-state index >= 15 is 0 Å². The molecule has 0 unspecified atom stereocenters. The molecule has 0 radical (unpaired) electrons. The molecule has 2 aromatic rings. The first-order valence-electron chi connectivity index (χ1n) is 6.07. The van der Waals surface area contributed by atoms with Crippen molar-refractivity contribution in [3.63, 3.8) is 0 Å². The van der Waals surface area contributed by atoms with E-state index in [1.807, 2.05) is 0 Å². The van der Waals surface area contributed by atoms with Gasteiger partial charge >= 0.3 is 0 Å². The van der Waals surface area contributed by atoms with Crippen molar-refractivity contribution in [3.8, 4) is 0 Å². The predicted octanol–water partition coefficient (Wildman–Crippen LogP) is 3.88. The van der Waals surface area contributed by atoms with Gasteiger partial charge in [0.05, 0.1) is 17.7 Å². The third kappa shape index (κ3) is 2.44. The standard InChI is InChI=1S/C15H8ClFINO2/c16-12-2-1-3-13(17)11(12)7-19-14(20)9-5-4-8(18)6-10(9)15(19)21/h1-6H,7H2. The Morgan fingerprint density at radius 2 is 1.81 bits per heavy atom. The molecule has 0 aromatic heterocycles. The molecule has 0 saturated heterocycles. The first-order chi connectivity index (χ1) is 9.99. The molecule has 0 spiro atoms. The molecular weight excluding hydrogens is 408 g/mol. The van der Waals surface area contributed by atoms with Gasteiger partial charge in [0.2, 0.25) is 0 Å². The van der Waals surface area contributed by atoms with Crippen molar-refractivity contribution >= 4 is 46.0 Å². The summed E-state index contributed by atoms with van der Waals surface area (Å²) in [6.07, 6.45) is 0. The van der Waals surface area contributed by atoms with Crippen LogP contribution in [0.3, 0.4) is 0 Å². The second kappa shape index (κ2) is 5.38. The van der Waals surface area contributed by atoms with E-state index in [0.29, 0.717) is 11.1 Å². The fraction of sp³-hybridized carbons (Fsp3) is 0.0667. The fourth-order valence-electron chi connectivity index (χ4n) is 2.25. The van der Waals surface area contributed by atoms with E-state index in [0.717, 1.165) is 8.47 Å². The molecule has 0 fully saturated rings. The summed E-state index contributed by atoms with van der Waals surface area (Å²) in [5, 5.41) is 0.195. The number of hydrogen-bond acceptors (Lipinski definition) is 2. The van der Waals surface area contributed by atoms with Gasteiger partial charge in [0, 0.05) is 14.2 Å². The summed E-state index contributed by atoms with van der Waals surface area (Å²) in [4.78, 5) is 25.6. The normalized spacial score (nSPS) is 13.8. The van der Waals surface area contributed by atoms with E-state index in [1.165, 1.54) is 18.2 Å². The Balaban J connectivity index is 1.99. The van der Waals surface area contributed by atoms with Crippen LogP contribution >= 0.6 is 34.2 Å². The van der Waals surface area contributed by atoms with E-state index < -0.39 is 17.6 Å². The smallest absolute Gasteiger partial charge is 0.261 e. The molecule has 3 nitrogen and oxygen atoms in total. The van der Waals surface area contributed by atoms with Crippen molar-refractivity contribution < 1.29 is 14.0 Å². The van der Waals surface area contributed by atoms with Crippen LogP contribution in [-0.2, 0) is 6.54 Å². The molecular formula is C15H8ClFINO2. The van der Waals surface area contributed by atoms with Gasteiger partial charge in [-0.25, -0.2) is 4.39 Å². The molecule has 2 amide bonds. The van der Waals surface area contributed by atoms with Gasteiger partial charge in [-0.2, -0.15) is 0 Å². The van der Waals surface area contributed by atoms with Crippen LogP contribution in [0, 0.1) is 9.39 Å². The van der Waals surface area contributed by atoms with Crippen LogP contribution < -0.4 is 0 Å². The van der Waals surface area contributed by atoms with E-state index in [2.05, 4.69) is 22.6 Å². The molecule has 3 rings (SSSR count). The lowest BCUT2D eigenvalue weighted by molar-refractivity contribution is 0.0641. The highest BCUT2D eigenvalue weighted by Crippen LogP contribution is 2.28. The average Bonchev–Trinajstić information content (AvgIpc) is 2.67. The fourth-order valence-corrected chi connectivity index (χ4v) is 2.96. The van der Waals surface area contributed by atoms with E-state index in [9.17, 15) is 14.0 Å². The van der Waals surface area contributed by atoms with Crippen LogP contribution in [0.2, 0.25) is 5.02 Å². The molecule has 0 N–H and O–H groups in total. The number of amides is 2. The molecule has 6 heteroatoms. The van der Waals surface area contributed by atoms with E-state index in [-0.39, 0.29) is 17.1 Å². The summed E-state index contributed by atoms with van der Waals surface area (Å²) in [5.41, 5.74) is 0.829. The molecule has 106 valence electrons. The van der Waals surface area contributed by atoms with Crippen molar-refractivity contribution in [3.05, 3.63) is 67.5 Å². The monoisotopic (exact) mass is 415 g/mol. The summed E-state index contributed by atoms with van der Waals surface area (Å²) in [5.74, 6) is -1.38. The molecule has 2 aromatic carbocycles. The minimum Gasteiger partial charge on any atom is -0.270 e. The minimum absolute atomic E-state index is 0.142. The molecule has 21 heavy (non-hydrogen) atoms. The van der Waals surface area contributed by atoms with Gasteiger partial charge < -0.3 is 0 Å². The van der Waals surface area contributed by atoms with Crippen molar-refractivity contribution in [2.45, 2.75) is 6.54 Å². The Labute approximate surface area is 138 Å². The summed E-state index contributed by atoms with van der Waals surface area (Å²) in [7, 11) is 0. The Hall–Kier alpha value is -1.47. The SMILES string of the molecule is O=C1c2ccc(I)cc2C(=O)N1Cc1c(F)cccc1Cl. The number of carbonyl (C=O) groups excluding carboxylic acids is 2. The zero-order valence-corrected chi connectivity index (χ0v) is 13.5. The van der Waals surface area contributed by atoms with Crippen molar-refractivity contribution in [2.24, 2.45) is 0 Å². The number of hydrogen-bond donors (Lipinski definition) is 0. The lowest BCUT2D eigenvalue weighted by atomic mass is 10.1. The first-order valence-corrected chi connectivity index (χ1v) is 7.53. The van der Waals surface area contributed by atoms with Gasteiger partial charge in [-0.1, -0.05) is 17.7 Å². The summed E-state index contributed by atoms with van der Waals surface area (Å²) in [6, 6.07) is 9.28. The quantitative estimate of drug-likeness (QED) is 0.551. The number of imide groups is 1. The van der Waals surface area contributed by atoms with E-state index in [4.69, 9.17) is 11.6 Å². The Morgan fingerprint density at radius 3 is 2.52 bits per heavy atom. The molecule has 0 saturated carbocycles. The molecule has 1 heterocycles. The molecule has 1 aliphatic heterocycles. The van der Waals surface area contributed by atoms with Crippen LogP contribution in [0.25, 0.3) is 0 Å². The molecule has 0 aliphatic carbocycles. The highest BCUT2D eigenvalue weighted by atomic mass is 127. The van der Waals surface area contributed by atoms with Gasteiger partial charge in [-0.05, 0) is 52.9 Å². The predicted molar refractivity (Wildman–Crippen MR) is 84.8 cm³/mol. The number of benzene rings is 2. The van der Waals surface area contributed by atoms with Gasteiger partial charge in [0.25, 0.3) is 11.8 Å². The number of fused-ring (bicyclic) bond motifs is 1. The number of nitrogens with zero attached hydrogens (tertiary/aromatic N) is 1. The highest BCUT2D eigenvalue weighted by Gasteiger charge is 2.36. The summed E-state index contributed by atoms with van der Waals surface area (Å²) in [6.45, 7) is -0.172. The van der Waals surface area contributed by atoms with Crippen LogP contribution in [0.15, 0.2) is 36.4 Å². The second-order valence-electron chi connectivity index (χ2n) is 4.59. The maximum atomic E-state index is 13.8. The van der Waals surface area contributed by atoms with Crippen LogP contribution in [0.5, 0.6) is 0 Å². The zero-order chi connectivity index (χ0) is 15.1. The highest BCUT2D eigenvalue weighted by molar-refractivity contribution is 14.1. The second-order valence-corrected chi connectivity index (χ2v) is 6.24. The van der Waals surface area contributed by atoms with Crippen LogP contribution in [0.1, 0.15) is 26.3 Å². The molecule has 0 atom stereocenters. The maximum absolute atomic E-state index is 13.8. The first kappa shape index (κ1) is 14.5. The Bertz CT molecular complexity index is 758. The number of carbonyl (C=O) groups is 2. The van der Waals surface area contributed by atoms with Gasteiger partial charge in [0.15, 0.2) is 0 Å². The maximum Gasteiger partial charge on any atom is 0.261 e. The minimum atomic E-state index is -0.534. The van der Waals surface area contributed by atoms with Crippen molar-refractivity contribution in [1.82, 2.24) is 4.90 Å². The Morgan fingerprint density at radius 1 is 1.10 bits per heavy atom. The van der Waals surface area contributed by atoms with Crippen molar-refractivity contribution in [1.29, 1.82) is 0 Å². The van der Waals surface area contributed by atoms with Gasteiger partial charge in [-0.15, -0.1) is 0 Å². The third-order valence-corrected chi connectivity index (χ3v) is 4.34.